The van der Waals surface area contributed by atoms with Gasteiger partial charge in [-0.2, -0.15) is 0 Å². The standard InChI is InChI=1S/C15H24N2OS/c1-11-14-6-8-19-15(14)5-7-17(11)10-13-4-3-12(18-13)9-16-2/h6,8,11-13,16H,3-5,7,9-10H2,1-2H3. The molecule has 0 radical (unpaired) electrons. The Morgan fingerprint density at radius 3 is 3.11 bits per heavy atom. The average Bonchev–Trinajstić information content (AvgIpc) is 3.03. The smallest absolute Gasteiger partial charge is 0.0707 e. The van der Waals surface area contributed by atoms with E-state index in [1.54, 1.807) is 10.4 Å². The van der Waals surface area contributed by atoms with Crippen LogP contribution in [0.15, 0.2) is 11.4 Å². The van der Waals surface area contributed by atoms with E-state index in [1.807, 2.05) is 18.4 Å². The summed E-state index contributed by atoms with van der Waals surface area (Å²) in [5.41, 5.74) is 1.54. The van der Waals surface area contributed by atoms with E-state index in [0.29, 0.717) is 18.2 Å². The fourth-order valence-corrected chi connectivity index (χ4v) is 4.33. The minimum Gasteiger partial charge on any atom is -0.372 e. The second kappa shape index (κ2) is 5.92. The Kier molecular flexibility index (Phi) is 4.22. The highest BCUT2D eigenvalue weighted by atomic mass is 32.1. The monoisotopic (exact) mass is 280 g/mol. The summed E-state index contributed by atoms with van der Waals surface area (Å²) in [6, 6.07) is 2.86. The number of rotatable bonds is 4. The molecule has 106 valence electrons. The maximum absolute atomic E-state index is 6.12. The Balaban J connectivity index is 1.57. The zero-order valence-corrected chi connectivity index (χ0v) is 12.7. The number of nitrogens with zero attached hydrogens (tertiary/aromatic N) is 1. The third kappa shape index (κ3) is 2.87. The maximum Gasteiger partial charge on any atom is 0.0707 e. The van der Waals surface area contributed by atoms with Crippen LogP contribution in [0.4, 0.5) is 0 Å². The van der Waals surface area contributed by atoms with Gasteiger partial charge < -0.3 is 10.1 Å². The molecule has 1 saturated heterocycles. The summed E-state index contributed by atoms with van der Waals surface area (Å²) in [5.74, 6) is 0. The van der Waals surface area contributed by atoms with E-state index in [4.69, 9.17) is 4.74 Å². The molecule has 0 bridgehead atoms. The van der Waals surface area contributed by atoms with E-state index in [1.165, 1.54) is 25.8 Å². The number of fused-ring (bicyclic) bond motifs is 1. The van der Waals surface area contributed by atoms with Crippen LogP contribution in [0.2, 0.25) is 0 Å². The summed E-state index contributed by atoms with van der Waals surface area (Å²) < 4.78 is 6.12. The quantitative estimate of drug-likeness (QED) is 0.917. The highest BCUT2D eigenvalue weighted by Crippen LogP contribution is 2.33. The van der Waals surface area contributed by atoms with E-state index < -0.39 is 0 Å². The fraction of sp³-hybridized carbons (Fsp3) is 0.733. The predicted molar refractivity (Wildman–Crippen MR) is 79.8 cm³/mol. The van der Waals surface area contributed by atoms with Crippen LogP contribution >= 0.6 is 11.3 Å². The lowest BCUT2D eigenvalue weighted by Gasteiger charge is -2.35. The van der Waals surface area contributed by atoms with E-state index in [-0.39, 0.29) is 0 Å². The van der Waals surface area contributed by atoms with Gasteiger partial charge in [-0.15, -0.1) is 11.3 Å². The first-order chi connectivity index (χ1) is 9.28. The molecular formula is C15H24N2OS. The van der Waals surface area contributed by atoms with Crippen molar-refractivity contribution in [2.24, 2.45) is 0 Å². The number of hydrogen-bond donors (Lipinski definition) is 1. The number of hydrogen-bond acceptors (Lipinski definition) is 4. The Morgan fingerprint density at radius 1 is 1.42 bits per heavy atom. The van der Waals surface area contributed by atoms with Gasteiger partial charge in [0.2, 0.25) is 0 Å². The van der Waals surface area contributed by atoms with Crippen LogP contribution in [0.5, 0.6) is 0 Å². The van der Waals surface area contributed by atoms with Crippen LogP contribution in [0, 0.1) is 0 Å². The zero-order valence-electron chi connectivity index (χ0n) is 11.9. The fourth-order valence-electron chi connectivity index (χ4n) is 3.36. The van der Waals surface area contributed by atoms with Crippen molar-refractivity contribution in [1.82, 2.24) is 10.2 Å². The molecule has 1 aromatic rings. The van der Waals surface area contributed by atoms with Gasteiger partial charge in [0.1, 0.15) is 0 Å². The summed E-state index contributed by atoms with van der Waals surface area (Å²) in [6.45, 7) is 5.60. The summed E-state index contributed by atoms with van der Waals surface area (Å²) in [5, 5.41) is 5.45. The summed E-state index contributed by atoms with van der Waals surface area (Å²) in [7, 11) is 2.00. The molecule has 1 N–H and O–H groups in total. The average molecular weight is 280 g/mol. The molecule has 2 aliphatic rings. The second-order valence-corrected chi connectivity index (χ2v) is 6.74. The van der Waals surface area contributed by atoms with Gasteiger partial charge in [-0.25, -0.2) is 0 Å². The van der Waals surface area contributed by atoms with Crippen molar-refractivity contribution < 1.29 is 4.74 Å². The molecule has 3 unspecified atom stereocenters. The molecule has 1 aromatic heterocycles. The molecule has 0 amide bonds. The molecule has 19 heavy (non-hydrogen) atoms. The van der Waals surface area contributed by atoms with Gasteiger partial charge >= 0.3 is 0 Å². The first-order valence-corrected chi connectivity index (χ1v) is 8.26. The van der Waals surface area contributed by atoms with Crippen molar-refractivity contribution in [1.29, 1.82) is 0 Å². The van der Waals surface area contributed by atoms with E-state index in [2.05, 4.69) is 28.6 Å². The molecular weight excluding hydrogens is 256 g/mol. The number of thiophene rings is 1. The van der Waals surface area contributed by atoms with Crippen molar-refractivity contribution in [3.8, 4) is 0 Å². The van der Waals surface area contributed by atoms with Crippen LogP contribution in [0.3, 0.4) is 0 Å². The summed E-state index contributed by atoms with van der Waals surface area (Å²) >= 11 is 1.91. The Bertz CT molecular complexity index is 420. The predicted octanol–water partition coefficient (Wildman–Crippen LogP) is 2.43. The minimum atomic E-state index is 0.423. The molecule has 2 aliphatic heterocycles. The largest absolute Gasteiger partial charge is 0.372 e. The van der Waals surface area contributed by atoms with Gasteiger partial charge in [0, 0.05) is 30.6 Å². The van der Waals surface area contributed by atoms with Crippen LogP contribution in [-0.4, -0.2) is 43.8 Å². The van der Waals surface area contributed by atoms with Crippen molar-refractivity contribution in [3.63, 3.8) is 0 Å². The summed E-state index contributed by atoms with van der Waals surface area (Å²) in [6.07, 6.45) is 4.49. The van der Waals surface area contributed by atoms with Crippen molar-refractivity contribution in [2.45, 2.75) is 44.4 Å². The number of ether oxygens (including phenoxy) is 1. The summed E-state index contributed by atoms with van der Waals surface area (Å²) in [4.78, 5) is 4.19. The lowest BCUT2D eigenvalue weighted by Crippen LogP contribution is -2.39. The SMILES string of the molecule is CNCC1CCC(CN2CCc3sccc3C2C)O1. The molecule has 0 saturated carbocycles. The van der Waals surface area contributed by atoms with Gasteiger partial charge in [0.05, 0.1) is 12.2 Å². The first kappa shape index (κ1) is 13.6. The highest BCUT2D eigenvalue weighted by Gasteiger charge is 2.30. The van der Waals surface area contributed by atoms with Crippen LogP contribution < -0.4 is 5.32 Å². The molecule has 3 atom stereocenters. The molecule has 1 fully saturated rings. The highest BCUT2D eigenvalue weighted by molar-refractivity contribution is 7.10. The molecule has 0 spiro atoms. The zero-order chi connectivity index (χ0) is 13.2. The second-order valence-electron chi connectivity index (χ2n) is 5.74. The van der Waals surface area contributed by atoms with Crippen LogP contribution in [-0.2, 0) is 11.2 Å². The molecule has 3 nitrogen and oxygen atoms in total. The molecule has 0 aliphatic carbocycles. The van der Waals surface area contributed by atoms with Gasteiger partial charge in [0.25, 0.3) is 0 Å². The molecule has 0 aromatic carbocycles. The van der Waals surface area contributed by atoms with E-state index >= 15 is 0 Å². The third-order valence-electron chi connectivity index (χ3n) is 4.47. The van der Waals surface area contributed by atoms with Crippen LogP contribution in [0.1, 0.15) is 36.2 Å². The van der Waals surface area contributed by atoms with Crippen LogP contribution in [0.25, 0.3) is 0 Å². The first-order valence-electron chi connectivity index (χ1n) is 7.38. The van der Waals surface area contributed by atoms with E-state index in [0.717, 1.165) is 13.1 Å². The van der Waals surface area contributed by atoms with Crippen molar-refractivity contribution in [3.05, 3.63) is 21.9 Å². The normalized spacial score (nSPS) is 31.6. The van der Waals surface area contributed by atoms with Gasteiger partial charge in [-0.05, 0) is 50.2 Å². The number of nitrogens with one attached hydrogen (secondary N) is 1. The molecule has 3 heterocycles. The lowest BCUT2D eigenvalue weighted by atomic mass is 10.0. The Labute approximate surface area is 119 Å². The van der Waals surface area contributed by atoms with Gasteiger partial charge in [-0.1, -0.05) is 0 Å². The van der Waals surface area contributed by atoms with E-state index in [9.17, 15) is 0 Å². The van der Waals surface area contributed by atoms with Gasteiger partial charge in [0.15, 0.2) is 0 Å². The Morgan fingerprint density at radius 2 is 2.26 bits per heavy atom. The number of likely N-dealkylation sites (N-methyl/N-ethyl adjacent to an activating group) is 1. The van der Waals surface area contributed by atoms with Crippen molar-refractivity contribution in [2.75, 3.05) is 26.7 Å². The van der Waals surface area contributed by atoms with Gasteiger partial charge in [-0.3, -0.25) is 4.90 Å². The third-order valence-corrected chi connectivity index (χ3v) is 5.47. The Hall–Kier alpha value is -0.420. The minimum absolute atomic E-state index is 0.423. The molecule has 3 rings (SSSR count). The topological polar surface area (TPSA) is 24.5 Å². The maximum atomic E-state index is 6.12. The molecule has 4 heteroatoms. The van der Waals surface area contributed by atoms with Crippen molar-refractivity contribution >= 4 is 11.3 Å². The lowest BCUT2D eigenvalue weighted by molar-refractivity contribution is 0.0149.